The molecule has 0 N–H and O–H groups in total. The Hall–Kier alpha value is -1.57. The summed E-state index contributed by atoms with van der Waals surface area (Å²) >= 11 is 0. The fraction of sp³-hybridized carbons (Fsp3) is 0. The highest BCUT2D eigenvalue weighted by atomic mass is 16.1. The first-order valence-corrected chi connectivity index (χ1v) is 4.26. The smallest absolute Gasteiger partial charge is 0.149 e. The molecule has 0 saturated carbocycles. The van der Waals surface area contributed by atoms with Crippen LogP contribution in [0.15, 0.2) is 36.4 Å². The number of hydrogen-bond acceptors (Lipinski definition) is 1. The normalized spacial score (nSPS) is 10.2. The van der Waals surface area contributed by atoms with Crippen LogP contribution in [-0.2, 0) is 0 Å². The lowest BCUT2D eigenvalue weighted by Crippen LogP contribution is -2.08. The maximum Gasteiger partial charge on any atom is 0.149 e. The Morgan fingerprint density at radius 3 is 2.31 bits per heavy atom. The molecule has 0 aliphatic rings. The van der Waals surface area contributed by atoms with Gasteiger partial charge in [0.25, 0.3) is 0 Å². The van der Waals surface area contributed by atoms with E-state index in [-0.39, 0.29) is 0 Å². The molecule has 2 heteroatoms. The molecule has 0 amide bonds. The van der Waals surface area contributed by atoms with Gasteiger partial charge in [-0.2, -0.15) is 0 Å². The summed E-state index contributed by atoms with van der Waals surface area (Å²) in [6, 6.07) is 12.0. The first kappa shape index (κ1) is 8.05. The highest BCUT2D eigenvalue weighted by molar-refractivity contribution is 6.36. The summed E-state index contributed by atoms with van der Waals surface area (Å²) in [5, 5.41) is 2.31. The molecule has 0 aromatic heterocycles. The van der Waals surface area contributed by atoms with Gasteiger partial charge in [0.1, 0.15) is 14.1 Å². The van der Waals surface area contributed by atoms with Crippen molar-refractivity contribution in [2.45, 2.75) is 0 Å². The van der Waals surface area contributed by atoms with E-state index < -0.39 is 0 Å². The van der Waals surface area contributed by atoms with Crippen molar-refractivity contribution >= 4 is 30.4 Å². The molecule has 2 aromatic carbocycles. The number of carbonyl (C=O) groups excluding carboxylic acids is 1. The van der Waals surface area contributed by atoms with Crippen LogP contribution in [0, 0.1) is 0 Å². The lowest BCUT2D eigenvalue weighted by atomic mass is 9.88. The Balaban J connectivity index is 2.81. The number of carbonyl (C=O) groups is 1. The second-order valence-electron chi connectivity index (χ2n) is 3.17. The maximum atomic E-state index is 10.7. The molecule has 2 aromatic rings. The Morgan fingerprint density at radius 2 is 1.69 bits per heavy atom. The number of aldehydes is 1. The van der Waals surface area contributed by atoms with E-state index in [2.05, 4.69) is 6.07 Å². The minimum atomic E-state index is 0.777. The van der Waals surface area contributed by atoms with Crippen LogP contribution in [0.2, 0.25) is 0 Å². The Morgan fingerprint density at radius 1 is 1.08 bits per heavy atom. The van der Waals surface area contributed by atoms with Gasteiger partial charge in [0.05, 0.1) is 0 Å². The first-order valence-electron chi connectivity index (χ1n) is 4.26. The third-order valence-corrected chi connectivity index (χ3v) is 2.26. The lowest BCUT2D eigenvalue weighted by Gasteiger charge is -2.01. The minimum absolute atomic E-state index is 0.777. The van der Waals surface area contributed by atoms with Crippen LogP contribution in [0.1, 0.15) is 10.4 Å². The third kappa shape index (κ3) is 1.35. The molecule has 0 heterocycles. The summed E-state index contributed by atoms with van der Waals surface area (Å²) in [4.78, 5) is 10.7. The number of hydrogen-bond donors (Lipinski definition) is 0. The van der Waals surface area contributed by atoms with Crippen molar-refractivity contribution in [1.29, 1.82) is 0 Å². The fourth-order valence-electron chi connectivity index (χ4n) is 1.50. The summed E-state index contributed by atoms with van der Waals surface area (Å²) < 4.78 is 0. The van der Waals surface area contributed by atoms with Gasteiger partial charge in [-0.25, -0.2) is 0 Å². The van der Waals surface area contributed by atoms with Crippen molar-refractivity contribution in [2.24, 2.45) is 0 Å². The van der Waals surface area contributed by atoms with E-state index in [1.54, 1.807) is 0 Å². The molecular weight excluding hydrogens is 159 g/mol. The molecule has 0 bridgehead atoms. The molecule has 0 radical (unpaired) electrons. The van der Waals surface area contributed by atoms with Gasteiger partial charge >= 0.3 is 0 Å². The summed E-state index contributed by atoms with van der Waals surface area (Å²) in [6.45, 7) is 0. The monoisotopic (exact) mass is 168 g/mol. The zero-order valence-corrected chi connectivity index (χ0v) is 7.45. The van der Waals surface area contributed by atoms with Crippen LogP contribution in [0.5, 0.6) is 0 Å². The predicted octanol–water partition coefficient (Wildman–Crippen LogP) is 0.911. The van der Waals surface area contributed by atoms with Crippen molar-refractivity contribution in [1.82, 2.24) is 0 Å². The zero-order chi connectivity index (χ0) is 9.26. The lowest BCUT2D eigenvalue weighted by molar-refractivity contribution is 0.112. The molecular formula is C11H9BO. The van der Waals surface area contributed by atoms with E-state index in [1.807, 2.05) is 38.2 Å². The van der Waals surface area contributed by atoms with Gasteiger partial charge in [-0.15, -0.1) is 0 Å². The highest BCUT2D eigenvalue weighted by Gasteiger charge is 1.98. The van der Waals surface area contributed by atoms with Crippen LogP contribution >= 0.6 is 0 Å². The molecule has 1 nitrogen and oxygen atoms in total. The van der Waals surface area contributed by atoms with Crippen LogP contribution < -0.4 is 5.46 Å². The van der Waals surface area contributed by atoms with E-state index in [0.29, 0.717) is 0 Å². The highest BCUT2D eigenvalue weighted by Crippen LogP contribution is 2.12. The van der Waals surface area contributed by atoms with Crippen LogP contribution in [0.25, 0.3) is 10.8 Å². The van der Waals surface area contributed by atoms with Crippen LogP contribution in [0.3, 0.4) is 0 Å². The molecule has 2 rings (SSSR count). The molecule has 0 aliphatic carbocycles. The Kier molecular flexibility index (Phi) is 1.89. The van der Waals surface area contributed by atoms with E-state index in [9.17, 15) is 4.79 Å². The second-order valence-corrected chi connectivity index (χ2v) is 3.17. The fourth-order valence-corrected chi connectivity index (χ4v) is 1.50. The average Bonchev–Trinajstić information content (AvgIpc) is 2.17. The van der Waals surface area contributed by atoms with Crippen LogP contribution in [-0.4, -0.2) is 14.1 Å². The van der Waals surface area contributed by atoms with E-state index in [0.717, 1.165) is 22.7 Å². The maximum absolute atomic E-state index is 10.7. The van der Waals surface area contributed by atoms with E-state index in [4.69, 9.17) is 0 Å². The Labute approximate surface area is 77.8 Å². The number of fused-ring (bicyclic) bond motifs is 1. The van der Waals surface area contributed by atoms with Crippen molar-refractivity contribution in [2.75, 3.05) is 0 Å². The van der Waals surface area contributed by atoms with Gasteiger partial charge < -0.3 is 0 Å². The third-order valence-electron chi connectivity index (χ3n) is 2.26. The quantitative estimate of drug-likeness (QED) is 0.456. The van der Waals surface area contributed by atoms with Gasteiger partial charge in [-0.05, 0) is 16.8 Å². The number of rotatable bonds is 1. The molecule has 0 spiro atoms. The zero-order valence-electron chi connectivity index (χ0n) is 7.45. The van der Waals surface area contributed by atoms with Crippen molar-refractivity contribution < 1.29 is 4.79 Å². The topological polar surface area (TPSA) is 17.1 Å². The summed E-state index contributed by atoms with van der Waals surface area (Å²) in [5.74, 6) is 0. The summed E-state index contributed by atoms with van der Waals surface area (Å²) in [6.07, 6.45) is 0.905. The predicted molar refractivity (Wildman–Crippen MR) is 57.5 cm³/mol. The summed E-state index contributed by atoms with van der Waals surface area (Å²) in [7, 11) is 1.95. The standard InChI is InChI=1S/C11H9BO/c12-11-6-9-4-2-1-3-8(9)5-10(11)7-13/h1-7H,12H2. The number of benzene rings is 2. The molecule has 0 saturated heterocycles. The van der Waals surface area contributed by atoms with E-state index >= 15 is 0 Å². The molecule has 0 aliphatic heterocycles. The minimum Gasteiger partial charge on any atom is -0.298 e. The van der Waals surface area contributed by atoms with Gasteiger partial charge in [0, 0.05) is 5.56 Å². The Bertz CT molecular complexity index is 463. The molecule has 0 unspecified atom stereocenters. The van der Waals surface area contributed by atoms with Crippen molar-refractivity contribution in [3.05, 3.63) is 42.0 Å². The SMILES string of the molecule is Bc1cc2ccccc2cc1C=O. The van der Waals surface area contributed by atoms with E-state index in [1.165, 1.54) is 5.39 Å². The molecule has 0 fully saturated rings. The van der Waals surface area contributed by atoms with Gasteiger partial charge in [0.15, 0.2) is 0 Å². The largest absolute Gasteiger partial charge is 0.298 e. The van der Waals surface area contributed by atoms with Gasteiger partial charge in [-0.1, -0.05) is 35.8 Å². The summed E-state index contributed by atoms with van der Waals surface area (Å²) in [5.41, 5.74) is 1.81. The first-order chi connectivity index (χ1) is 6.31. The molecule has 13 heavy (non-hydrogen) atoms. The molecule has 0 atom stereocenters. The van der Waals surface area contributed by atoms with Crippen molar-refractivity contribution in [3.63, 3.8) is 0 Å². The molecule has 62 valence electrons. The van der Waals surface area contributed by atoms with Gasteiger partial charge in [-0.3, -0.25) is 4.79 Å². The average molecular weight is 168 g/mol. The second kappa shape index (κ2) is 3.06. The van der Waals surface area contributed by atoms with Crippen molar-refractivity contribution in [3.8, 4) is 0 Å². The van der Waals surface area contributed by atoms with Gasteiger partial charge in [0.2, 0.25) is 0 Å². The van der Waals surface area contributed by atoms with Crippen LogP contribution in [0.4, 0.5) is 0 Å².